The van der Waals surface area contributed by atoms with Gasteiger partial charge in [0, 0.05) is 31.1 Å². The molecule has 1 saturated heterocycles. The number of carbonyl (C=O) groups excluding carboxylic acids is 2. The van der Waals surface area contributed by atoms with Gasteiger partial charge < -0.3 is 4.57 Å². The standard InChI is InChI=1S/C21H28N2O3/c1-15(2)16(13-22-10-5-4-6-11-22)18(24)12-21(3)14-23-17(20(21)26)8-7-9-19(23)25/h7-9H,4-6,10-14H2,1-3H3. The van der Waals surface area contributed by atoms with Gasteiger partial charge in [-0.25, -0.2) is 0 Å². The summed E-state index contributed by atoms with van der Waals surface area (Å²) in [6, 6.07) is 4.74. The van der Waals surface area contributed by atoms with Crippen molar-refractivity contribution in [2.24, 2.45) is 5.41 Å². The Morgan fingerprint density at radius 1 is 1.12 bits per heavy atom. The average Bonchev–Trinajstić information content (AvgIpc) is 2.86. The third-order valence-electron chi connectivity index (χ3n) is 5.66. The zero-order chi connectivity index (χ0) is 18.9. The fourth-order valence-corrected chi connectivity index (χ4v) is 4.08. The summed E-state index contributed by atoms with van der Waals surface area (Å²) in [6.07, 6.45) is 3.77. The van der Waals surface area contributed by atoms with Crippen LogP contribution in [0.15, 0.2) is 34.1 Å². The van der Waals surface area contributed by atoms with Gasteiger partial charge in [-0.2, -0.15) is 0 Å². The highest BCUT2D eigenvalue weighted by Gasteiger charge is 2.44. The minimum Gasteiger partial charge on any atom is -0.304 e. The van der Waals surface area contributed by atoms with Gasteiger partial charge in [-0.1, -0.05) is 25.0 Å². The molecular weight excluding hydrogens is 328 g/mol. The molecule has 5 heteroatoms. The highest BCUT2D eigenvalue weighted by atomic mass is 16.1. The van der Waals surface area contributed by atoms with Crippen LogP contribution in [-0.2, 0) is 11.3 Å². The first-order valence-corrected chi connectivity index (χ1v) is 9.48. The molecule has 3 rings (SSSR count). The van der Waals surface area contributed by atoms with Gasteiger partial charge in [-0.15, -0.1) is 0 Å². The van der Waals surface area contributed by atoms with Crippen LogP contribution in [-0.4, -0.2) is 40.7 Å². The smallest absolute Gasteiger partial charge is 0.251 e. The molecule has 26 heavy (non-hydrogen) atoms. The molecule has 5 nitrogen and oxygen atoms in total. The number of fused-ring (bicyclic) bond motifs is 1. The summed E-state index contributed by atoms with van der Waals surface area (Å²) < 4.78 is 1.50. The second-order valence-electron chi connectivity index (χ2n) is 8.14. The van der Waals surface area contributed by atoms with Gasteiger partial charge in [0.05, 0.1) is 11.1 Å². The van der Waals surface area contributed by atoms with Crippen LogP contribution in [0.2, 0.25) is 0 Å². The summed E-state index contributed by atoms with van der Waals surface area (Å²) in [7, 11) is 0. The topological polar surface area (TPSA) is 59.4 Å². The first-order chi connectivity index (χ1) is 12.3. The molecule has 2 aliphatic rings. The van der Waals surface area contributed by atoms with E-state index in [1.807, 2.05) is 20.8 Å². The highest BCUT2D eigenvalue weighted by molar-refractivity contribution is 6.06. The van der Waals surface area contributed by atoms with Crippen LogP contribution in [0, 0.1) is 5.41 Å². The van der Waals surface area contributed by atoms with E-state index in [2.05, 4.69) is 4.90 Å². The van der Waals surface area contributed by atoms with Gasteiger partial charge in [0.1, 0.15) is 0 Å². The molecule has 140 valence electrons. The summed E-state index contributed by atoms with van der Waals surface area (Å²) in [6.45, 7) is 8.75. The summed E-state index contributed by atoms with van der Waals surface area (Å²) in [5.74, 6) is -0.0677. The van der Waals surface area contributed by atoms with Gasteiger partial charge in [-0.3, -0.25) is 19.3 Å². The van der Waals surface area contributed by atoms with E-state index in [0.717, 1.165) is 24.2 Å². The van der Waals surface area contributed by atoms with E-state index in [-0.39, 0.29) is 30.1 Å². The molecule has 0 spiro atoms. The minimum atomic E-state index is -0.840. The maximum atomic E-state index is 13.1. The van der Waals surface area contributed by atoms with E-state index in [1.54, 1.807) is 12.1 Å². The molecule has 0 aliphatic carbocycles. The Bertz CT molecular complexity index is 811. The largest absolute Gasteiger partial charge is 0.304 e. The lowest BCUT2D eigenvalue weighted by atomic mass is 9.80. The number of nitrogens with zero attached hydrogens (tertiary/aromatic N) is 2. The fraction of sp³-hybridized carbons (Fsp3) is 0.571. The second kappa shape index (κ2) is 7.31. The van der Waals surface area contributed by atoms with Gasteiger partial charge >= 0.3 is 0 Å². The number of likely N-dealkylation sites (tertiary alicyclic amines) is 1. The van der Waals surface area contributed by atoms with Crippen LogP contribution in [0.3, 0.4) is 0 Å². The number of hydrogen-bond acceptors (Lipinski definition) is 4. The molecule has 3 heterocycles. The van der Waals surface area contributed by atoms with E-state index in [4.69, 9.17) is 0 Å². The first-order valence-electron chi connectivity index (χ1n) is 9.48. The zero-order valence-corrected chi connectivity index (χ0v) is 16.0. The molecule has 0 saturated carbocycles. The summed E-state index contributed by atoms with van der Waals surface area (Å²) in [4.78, 5) is 40.3. The van der Waals surface area contributed by atoms with Crippen LogP contribution in [0.25, 0.3) is 0 Å². The number of allylic oxidation sites excluding steroid dienone is 1. The number of carbonyl (C=O) groups is 2. The van der Waals surface area contributed by atoms with E-state index in [0.29, 0.717) is 12.2 Å². The van der Waals surface area contributed by atoms with Gasteiger partial charge in [-0.05, 0) is 45.8 Å². The predicted octanol–water partition coefficient (Wildman–Crippen LogP) is 2.83. The maximum Gasteiger partial charge on any atom is 0.251 e. The summed E-state index contributed by atoms with van der Waals surface area (Å²) in [5.41, 5.74) is 1.24. The van der Waals surface area contributed by atoms with Crippen molar-refractivity contribution in [3.8, 4) is 0 Å². The van der Waals surface area contributed by atoms with Crippen molar-refractivity contribution in [2.45, 2.75) is 53.0 Å². The van der Waals surface area contributed by atoms with Crippen molar-refractivity contribution in [3.63, 3.8) is 0 Å². The minimum absolute atomic E-state index is 0.0345. The molecule has 0 aromatic carbocycles. The Hall–Kier alpha value is -2.01. The monoisotopic (exact) mass is 356 g/mol. The molecular formula is C21H28N2O3. The molecule has 0 amide bonds. The molecule has 2 aliphatic heterocycles. The van der Waals surface area contributed by atoms with Gasteiger partial charge in [0.15, 0.2) is 11.6 Å². The number of pyridine rings is 1. The predicted molar refractivity (Wildman–Crippen MR) is 101 cm³/mol. The Balaban J connectivity index is 1.78. The molecule has 0 radical (unpaired) electrons. The van der Waals surface area contributed by atoms with E-state index in [1.165, 1.54) is 29.9 Å². The van der Waals surface area contributed by atoms with Crippen molar-refractivity contribution in [1.29, 1.82) is 0 Å². The second-order valence-corrected chi connectivity index (χ2v) is 8.14. The average molecular weight is 356 g/mol. The van der Waals surface area contributed by atoms with E-state index >= 15 is 0 Å². The highest BCUT2D eigenvalue weighted by Crippen LogP contribution is 2.35. The van der Waals surface area contributed by atoms with Crippen molar-refractivity contribution >= 4 is 11.6 Å². The van der Waals surface area contributed by atoms with Crippen LogP contribution in [0.4, 0.5) is 0 Å². The lowest BCUT2D eigenvalue weighted by Gasteiger charge is -2.29. The lowest BCUT2D eigenvalue weighted by molar-refractivity contribution is -0.117. The van der Waals surface area contributed by atoms with Crippen LogP contribution < -0.4 is 5.56 Å². The number of hydrogen-bond donors (Lipinski definition) is 0. The number of Topliss-reactive ketones (excluding diaryl/α,β-unsaturated/α-hetero) is 2. The number of rotatable bonds is 5. The molecule has 1 aromatic rings. The number of aromatic nitrogens is 1. The summed E-state index contributed by atoms with van der Waals surface area (Å²) in [5, 5.41) is 0. The van der Waals surface area contributed by atoms with Crippen LogP contribution in [0.5, 0.6) is 0 Å². The zero-order valence-electron chi connectivity index (χ0n) is 16.0. The molecule has 1 atom stereocenters. The van der Waals surface area contributed by atoms with Crippen molar-refractivity contribution in [3.05, 3.63) is 45.4 Å². The molecule has 0 N–H and O–H groups in total. The number of ketones is 2. The Morgan fingerprint density at radius 3 is 2.42 bits per heavy atom. The van der Waals surface area contributed by atoms with E-state index in [9.17, 15) is 14.4 Å². The Kier molecular flexibility index (Phi) is 5.28. The maximum absolute atomic E-state index is 13.1. The first kappa shape index (κ1) is 18.8. The molecule has 1 fully saturated rings. The molecule has 1 aromatic heterocycles. The van der Waals surface area contributed by atoms with Crippen molar-refractivity contribution in [2.75, 3.05) is 19.6 Å². The Labute approximate surface area is 154 Å². The fourth-order valence-electron chi connectivity index (χ4n) is 4.08. The van der Waals surface area contributed by atoms with Crippen molar-refractivity contribution in [1.82, 2.24) is 9.47 Å². The SMILES string of the molecule is CC(C)=C(CN1CCCCC1)C(=O)CC1(C)Cn2c(cccc2=O)C1=O. The van der Waals surface area contributed by atoms with Crippen LogP contribution >= 0.6 is 0 Å². The third kappa shape index (κ3) is 3.58. The lowest BCUT2D eigenvalue weighted by Crippen LogP contribution is -2.35. The van der Waals surface area contributed by atoms with Gasteiger partial charge in [0.25, 0.3) is 5.56 Å². The molecule has 1 unspecified atom stereocenters. The Morgan fingerprint density at radius 2 is 1.81 bits per heavy atom. The normalized spacial score (nSPS) is 23.0. The quantitative estimate of drug-likeness (QED) is 0.761. The van der Waals surface area contributed by atoms with E-state index < -0.39 is 5.41 Å². The summed E-state index contributed by atoms with van der Waals surface area (Å²) >= 11 is 0. The number of piperidine rings is 1. The van der Waals surface area contributed by atoms with Gasteiger partial charge in [0.2, 0.25) is 0 Å². The van der Waals surface area contributed by atoms with Crippen LogP contribution in [0.1, 0.15) is 56.9 Å². The van der Waals surface area contributed by atoms with Crippen molar-refractivity contribution < 1.29 is 9.59 Å². The third-order valence-corrected chi connectivity index (χ3v) is 5.66. The molecule has 0 bridgehead atoms.